The standard InChI is InChI=1S/C59H42N4/c1-41-14-13-17-48(38-41)59-60-55(46-15-5-2-6-16-46)40-56(61-59)47-30-28-44(29-31-47)42-24-26-43(27-25-42)45-32-34-51(35-33-45)63-57-23-12-11-22-53(57)54-39-52(36-37-58(54)63)62(49-18-7-3-8-19-49)50-20-9-4-10-21-50/h2-40H,1H3. The molecule has 2 aromatic heterocycles. The molecular weight excluding hydrogens is 765 g/mol. The van der Waals surface area contributed by atoms with Gasteiger partial charge in [0.05, 0.1) is 22.4 Å². The van der Waals surface area contributed by atoms with E-state index in [0.717, 1.165) is 67.8 Å². The zero-order valence-electron chi connectivity index (χ0n) is 34.8. The molecule has 0 fully saturated rings. The topological polar surface area (TPSA) is 34.0 Å². The number of aromatic nitrogens is 3. The maximum absolute atomic E-state index is 5.06. The molecule has 2 heterocycles. The summed E-state index contributed by atoms with van der Waals surface area (Å²) in [5, 5.41) is 2.44. The molecule has 0 aliphatic carbocycles. The van der Waals surface area contributed by atoms with Crippen LogP contribution in [0, 0.1) is 6.92 Å². The number of fused-ring (bicyclic) bond motifs is 3. The van der Waals surface area contributed by atoms with Gasteiger partial charge in [0.25, 0.3) is 0 Å². The Kier molecular flexibility index (Phi) is 9.72. The minimum absolute atomic E-state index is 0.724. The summed E-state index contributed by atoms with van der Waals surface area (Å²) in [6.45, 7) is 2.10. The van der Waals surface area contributed by atoms with Crippen molar-refractivity contribution in [2.24, 2.45) is 0 Å². The number of nitrogens with zero attached hydrogens (tertiary/aromatic N) is 4. The highest BCUT2D eigenvalue weighted by Gasteiger charge is 2.18. The Hall–Kier alpha value is -8.34. The van der Waals surface area contributed by atoms with Crippen molar-refractivity contribution in [2.75, 3.05) is 4.90 Å². The minimum Gasteiger partial charge on any atom is -0.310 e. The Labute approximate surface area is 367 Å². The molecule has 11 rings (SSSR count). The predicted molar refractivity (Wildman–Crippen MR) is 263 cm³/mol. The third-order valence-electron chi connectivity index (χ3n) is 11.9. The molecule has 0 aliphatic rings. The second kappa shape index (κ2) is 16.3. The van der Waals surface area contributed by atoms with Gasteiger partial charge in [-0.1, -0.05) is 169 Å². The third-order valence-corrected chi connectivity index (χ3v) is 11.9. The van der Waals surface area contributed by atoms with Crippen LogP contribution in [0.25, 0.3) is 83.6 Å². The fraction of sp³-hybridized carbons (Fsp3) is 0.0169. The average molecular weight is 807 g/mol. The molecule has 63 heavy (non-hydrogen) atoms. The number of aryl methyl sites for hydroxylation is 1. The van der Waals surface area contributed by atoms with Crippen molar-refractivity contribution in [3.05, 3.63) is 242 Å². The third kappa shape index (κ3) is 7.34. The number of para-hydroxylation sites is 3. The van der Waals surface area contributed by atoms with Gasteiger partial charge in [0, 0.05) is 50.2 Å². The Bertz CT molecular complexity index is 3320. The van der Waals surface area contributed by atoms with Gasteiger partial charge in [0.1, 0.15) is 0 Å². The van der Waals surface area contributed by atoms with Crippen molar-refractivity contribution in [1.29, 1.82) is 0 Å². The highest BCUT2D eigenvalue weighted by molar-refractivity contribution is 6.10. The van der Waals surface area contributed by atoms with Crippen LogP contribution < -0.4 is 4.90 Å². The lowest BCUT2D eigenvalue weighted by Gasteiger charge is -2.25. The fourth-order valence-corrected chi connectivity index (χ4v) is 8.74. The van der Waals surface area contributed by atoms with Crippen LogP contribution in [0.3, 0.4) is 0 Å². The summed E-state index contributed by atoms with van der Waals surface area (Å²) in [7, 11) is 0. The van der Waals surface area contributed by atoms with E-state index in [4.69, 9.17) is 9.97 Å². The SMILES string of the molecule is Cc1cccc(-c2nc(-c3ccccc3)cc(-c3ccc(-c4ccc(-c5ccc(-n6c7ccccc7c7cc(N(c8ccccc8)c8ccccc8)ccc76)cc5)cc4)cc3)n2)c1. The van der Waals surface area contributed by atoms with Crippen molar-refractivity contribution in [3.8, 4) is 61.8 Å². The summed E-state index contributed by atoms with van der Waals surface area (Å²) < 4.78 is 2.38. The van der Waals surface area contributed by atoms with E-state index >= 15 is 0 Å². The highest BCUT2D eigenvalue weighted by atomic mass is 15.1. The number of anilines is 3. The first-order chi connectivity index (χ1) is 31.1. The summed E-state index contributed by atoms with van der Waals surface area (Å²) >= 11 is 0. The van der Waals surface area contributed by atoms with Crippen molar-refractivity contribution in [1.82, 2.24) is 14.5 Å². The average Bonchev–Trinajstić information content (AvgIpc) is 3.69. The predicted octanol–water partition coefficient (Wildman–Crippen LogP) is 15.7. The lowest BCUT2D eigenvalue weighted by Crippen LogP contribution is -2.09. The van der Waals surface area contributed by atoms with Crippen LogP contribution in [-0.2, 0) is 0 Å². The second-order valence-electron chi connectivity index (χ2n) is 16.0. The van der Waals surface area contributed by atoms with Crippen LogP contribution in [0.4, 0.5) is 17.1 Å². The maximum atomic E-state index is 5.06. The van der Waals surface area contributed by atoms with Gasteiger partial charge in [-0.15, -0.1) is 0 Å². The largest absolute Gasteiger partial charge is 0.310 e. The molecule has 298 valence electrons. The molecule has 0 radical (unpaired) electrons. The van der Waals surface area contributed by atoms with E-state index < -0.39 is 0 Å². The van der Waals surface area contributed by atoms with E-state index in [0.29, 0.717) is 0 Å². The second-order valence-corrected chi connectivity index (χ2v) is 16.0. The molecule has 0 spiro atoms. The van der Waals surface area contributed by atoms with Crippen molar-refractivity contribution < 1.29 is 0 Å². The lowest BCUT2D eigenvalue weighted by atomic mass is 9.98. The van der Waals surface area contributed by atoms with Gasteiger partial charge in [-0.2, -0.15) is 0 Å². The van der Waals surface area contributed by atoms with Crippen LogP contribution in [0.5, 0.6) is 0 Å². The summed E-state index contributed by atoms with van der Waals surface area (Å²) in [6, 6.07) is 84.0. The molecule has 0 unspecified atom stereocenters. The molecule has 4 heteroatoms. The maximum Gasteiger partial charge on any atom is 0.160 e. The van der Waals surface area contributed by atoms with E-state index in [9.17, 15) is 0 Å². The van der Waals surface area contributed by atoms with Gasteiger partial charge in [0.2, 0.25) is 0 Å². The first kappa shape index (κ1) is 37.6. The smallest absolute Gasteiger partial charge is 0.160 e. The van der Waals surface area contributed by atoms with Gasteiger partial charge in [0.15, 0.2) is 5.82 Å². The van der Waals surface area contributed by atoms with Crippen LogP contribution in [-0.4, -0.2) is 14.5 Å². The molecule has 0 aliphatic heterocycles. The van der Waals surface area contributed by atoms with Gasteiger partial charge in [-0.05, 0) is 102 Å². The number of hydrogen-bond donors (Lipinski definition) is 0. The van der Waals surface area contributed by atoms with Crippen molar-refractivity contribution >= 4 is 38.9 Å². The van der Waals surface area contributed by atoms with Crippen molar-refractivity contribution in [3.63, 3.8) is 0 Å². The summed E-state index contributed by atoms with van der Waals surface area (Å²) in [6.07, 6.45) is 0. The van der Waals surface area contributed by atoms with Crippen LogP contribution in [0.2, 0.25) is 0 Å². The molecule has 0 saturated heterocycles. The molecule has 0 bridgehead atoms. The molecular formula is C59H42N4. The molecule has 0 atom stereocenters. The highest BCUT2D eigenvalue weighted by Crippen LogP contribution is 2.40. The van der Waals surface area contributed by atoms with Gasteiger partial charge in [-0.3, -0.25) is 0 Å². The first-order valence-electron chi connectivity index (χ1n) is 21.4. The van der Waals surface area contributed by atoms with E-state index in [1.165, 1.54) is 38.5 Å². The normalized spacial score (nSPS) is 11.3. The summed E-state index contributed by atoms with van der Waals surface area (Å²) in [5.74, 6) is 0.724. The molecule has 4 nitrogen and oxygen atoms in total. The summed E-state index contributed by atoms with van der Waals surface area (Å²) in [4.78, 5) is 12.4. The van der Waals surface area contributed by atoms with Crippen LogP contribution in [0.1, 0.15) is 5.56 Å². The van der Waals surface area contributed by atoms with Crippen LogP contribution >= 0.6 is 0 Å². The zero-order chi connectivity index (χ0) is 42.1. The fourth-order valence-electron chi connectivity index (χ4n) is 8.74. The van der Waals surface area contributed by atoms with Gasteiger partial charge >= 0.3 is 0 Å². The molecule has 0 saturated carbocycles. The Morgan fingerprint density at radius 1 is 0.333 bits per heavy atom. The Balaban J connectivity index is 0.872. The molecule has 0 N–H and O–H groups in total. The Morgan fingerprint density at radius 3 is 1.40 bits per heavy atom. The quantitative estimate of drug-likeness (QED) is 0.146. The zero-order valence-corrected chi connectivity index (χ0v) is 34.8. The monoisotopic (exact) mass is 806 g/mol. The molecule has 0 amide bonds. The van der Waals surface area contributed by atoms with E-state index in [-0.39, 0.29) is 0 Å². The minimum atomic E-state index is 0.724. The molecule has 11 aromatic rings. The first-order valence-corrected chi connectivity index (χ1v) is 21.4. The molecule has 9 aromatic carbocycles. The Morgan fingerprint density at radius 2 is 0.810 bits per heavy atom. The number of rotatable bonds is 9. The van der Waals surface area contributed by atoms with E-state index in [1.54, 1.807) is 0 Å². The van der Waals surface area contributed by atoms with Gasteiger partial charge in [-0.25, -0.2) is 9.97 Å². The van der Waals surface area contributed by atoms with Crippen LogP contribution in [0.15, 0.2) is 237 Å². The van der Waals surface area contributed by atoms with Gasteiger partial charge < -0.3 is 9.47 Å². The van der Waals surface area contributed by atoms with E-state index in [1.807, 2.05) is 18.2 Å². The number of hydrogen-bond acceptors (Lipinski definition) is 3. The van der Waals surface area contributed by atoms with E-state index in [2.05, 4.69) is 235 Å². The van der Waals surface area contributed by atoms with Crippen molar-refractivity contribution in [2.45, 2.75) is 6.92 Å². The number of benzene rings is 9. The lowest BCUT2D eigenvalue weighted by molar-refractivity contribution is 1.18. The summed E-state index contributed by atoms with van der Waals surface area (Å²) in [5.41, 5.74) is 17.6.